The van der Waals surface area contributed by atoms with Gasteiger partial charge in [-0.2, -0.15) is 0 Å². The highest BCUT2D eigenvalue weighted by molar-refractivity contribution is 6.30. The van der Waals surface area contributed by atoms with Gasteiger partial charge < -0.3 is 5.32 Å². The summed E-state index contributed by atoms with van der Waals surface area (Å²) in [5, 5.41) is 3.72. The summed E-state index contributed by atoms with van der Waals surface area (Å²) in [5.41, 5.74) is 0.684. The molecule has 2 nitrogen and oxygen atoms in total. The minimum Gasteiger partial charge on any atom is -0.349 e. The van der Waals surface area contributed by atoms with Crippen molar-refractivity contribution < 1.29 is 4.79 Å². The molecule has 0 spiro atoms. The molecule has 3 heteroatoms. The Morgan fingerprint density at radius 3 is 2.56 bits per heavy atom. The van der Waals surface area contributed by atoms with E-state index in [0.717, 1.165) is 18.8 Å². The Bertz CT molecular complexity index is 374. The average molecular weight is 238 g/mol. The van der Waals surface area contributed by atoms with Crippen molar-refractivity contribution in [3.05, 3.63) is 34.9 Å². The Labute approximate surface area is 101 Å². The molecule has 0 bridgehead atoms. The summed E-state index contributed by atoms with van der Waals surface area (Å²) < 4.78 is 0. The van der Waals surface area contributed by atoms with E-state index >= 15 is 0 Å². The van der Waals surface area contributed by atoms with Crippen LogP contribution in [-0.2, 0) is 0 Å². The molecule has 0 saturated heterocycles. The number of amides is 1. The maximum atomic E-state index is 11.9. The third-order valence-corrected chi connectivity index (χ3v) is 3.39. The second kappa shape index (κ2) is 4.88. The highest BCUT2D eigenvalue weighted by Crippen LogP contribution is 2.24. The lowest BCUT2D eigenvalue weighted by Crippen LogP contribution is -2.32. The Morgan fingerprint density at radius 2 is 2.00 bits per heavy atom. The SMILES string of the molecule is CC1CCC(NC(=O)c2ccc(Cl)cc2)C1. The normalized spacial score (nSPS) is 24.4. The quantitative estimate of drug-likeness (QED) is 0.841. The summed E-state index contributed by atoms with van der Waals surface area (Å²) in [4.78, 5) is 11.9. The molecule has 1 aromatic carbocycles. The summed E-state index contributed by atoms with van der Waals surface area (Å²) in [5.74, 6) is 0.742. The smallest absolute Gasteiger partial charge is 0.251 e. The van der Waals surface area contributed by atoms with Crippen molar-refractivity contribution in [2.24, 2.45) is 5.92 Å². The van der Waals surface area contributed by atoms with E-state index in [2.05, 4.69) is 12.2 Å². The van der Waals surface area contributed by atoms with Crippen LogP contribution in [0.2, 0.25) is 5.02 Å². The van der Waals surface area contributed by atoms with E-state index in [-0.39, 0.29) is 5.91 Å². The van der Waals surface area contributed by atoms with E-state index in [4.69, 9.17) is 11.6 Å². The van der Waals surface area contributed by atoms with Crippen molar-refractivity contribution in [3.8, 4) is 0 Å². The number of hydrogen-bond donors (Lipinski definition) is 1. The van der Waals surface area contributed by atoms with Crippen LogP contribution in [0.3, 0.4) is 0 Å². The molecule has 1 saturated carbocycles. The molecule has 2 rings (SSSR count). The number of carbonyl (C=O) groups is 1. The van der Waals surface area contributed by atoms with Crippen molar-refractivity contribution in [2.45, 2.75) is 32.2 Å². The maximum absolute atomic E-state index is 11.9. The molecule has 86 valence electrons. The van der Waals surface area contributed by atoms with E-state index in [0.29, 0.717) is 16.6 Å². The fourth-order valence-electron chi connectivity index (χ4n) is 2.21. The standard InChI is InChI=1S/C13H16ClNO/c1-9-2-7-12(8-9)15-13(16)10-3-5-11(14)6-4-10/h3-6,9,12H,2,7-8H2,1H3,(H,15,16). The van der Waals surface area contributed by atoms with E-state index in [1.807, 2.05) is 0 Å². The lowest BCUT2D eigenvalue weighted by atomic mass is 10.1. The van der Waals surface area contributed by atoms with E-state index in [1.165, 1.54) is 6.42 Å². The molecule has 1 aliphatic rings. The van der Waals surface area contributed by atoms with Gasteiger partial charge in [0, 0.05) is 16.6 Å². The van der Waals surface area contributed by atoms with Gasteiger partial charge in [0.1, 0.15) is 0 Å². The van der Waals surface area contributed by atoms with Gasteiger partial charge in [0.25, 0.3) is 5.91 Å². The molecular weight excluding hydrogens is 222 g/mol. The van der Waals surface area contributed by atoms with Crippen molar-refractivity contribution in [2.75, 3.05) is 0 Å². The molecule has 0 radical (unpaired) electrons. The minimum atomic E-state index is 0.00997. The molecule has 1 fully saturated rings. The van der Waals surface area contributed by atoms with E-state index in [9.17, 15) is 4.79 Å². The molecule has 0 heterocycles. The first kappa shape index (κ1) is 11.5. The Balaban J connectivity index is 1.95. The highest BCUT2D eigenvalue weighted by Gasteiger charge is 2.22. The molecular formula is C13H16ClNO. The predicted octanol–water partition coefficient (Wildman–Crippen LogP) is 3.26. The highest BCUT2D eigenvalue weighted by atomic mass is 35.5. The zero-order chi connectivity index (χ0) is 11.5. The third-order valence-electron chi connectivity index (χ3n) is 3.14. The van der Waals surface area contributed by atoms with Crippen LogP contribution in [0.25, 0.3) is 0 Å². The zero-order valence-electron chi connectivity index (χ0n) is 9.37. The molecule has 1 N–H and O–H groups in total. The van der Waals surface area contributed by atoms with Gasteiger partial charge >= 0.3 is 0 Å². The zero-order valence-corrected chi connectivity index (χ0v) is 10.1. The first-order valence-corrected chi connectivity index (χ1v) is 6.09. The second-order valence-corrected chi connectivity index (χ2v) is 5.03. The predicted molar refractivity (Wildman–Crippen MR) is 65.7 cm³/mol. The topological polar surface area (TPSA) is 29.1 Å². The van der Waals surface area contributed by atoms with Crippen LogP contribution in [0, 0.1) is 5.92 Å². The van der Waals surface area contributed by atoms with Crippen molar-refractivity contribution in [1.29, 1.82) is 0 Å². The molecule has 2 unspecified atom stereocenters. The molecule has 16 heavy (non-hydrogen) atoms. The van der Waals surface area contributed by atoms with Gasteiger partial charge in [-0.3, -0.25) is 4.79 Å². The first-order valence-electron chi connectivity index (χ1n) is 5.71. The van der Waals surface area contributed by atoms with Crippen LogP contribution >= 0.6 is 11.6 Å². The van der Waals surface area contributed by atoms with Crippen molar-refractivity contribution in [1.82, 2.24) is 5.32 Å². The Hall–Kier alpha value is -1.02. The largest absolute Gasteiger partial charge is 0.349 e. The second-order valence-electron chi connectivity index (χ2n) is 4.60. The molecule has 1 aliphatic carbocycles. The van der Waals surface area contributed by atoms with Gasteiger partial charge in [0.05, 0.1) is 0 Å². The summed E-state index contributed by atoms with van der Waals surface area (Å²) in [7, 11) is 0. The van der Waals surface area contributed by atoms with Crippen LogP contribution in [0.5, 0.6) is 0 Å². The lowest BCUT2D eigenvalue weighted by molar-refractivity contribution is 0.0937. The van der Waals surface area contributed by atoms with Crippen LogP contribution in [0.1, 0.15) is 36.5 Å². The Kier molecular flexibility index (Phi) is 3.49. The van der Waals surface area contributed by atoms with Crippen LogP contribution in [0.4, 0.5) is 0 Å². The monoisotopic (exact) mass is 237 g/mol. The molecule has 1 aromatic rings. The number of halogens is 1. The summed E-state index contributed by atoms with van der Waals surface area (Å²) in [6.07, 6.45) is 3.41. The summed E-state index contributed by atoms with van der Waals surface area (Å²) in [6, 6.07) is 7.35. The minimum absolute atomic E-state index is 0.00997. The van der Waals surface area contributed by atoms with Gasteiger partial charge in [0.2, 0.25) is 0 Å². The van der Waals surface area contributed by atoms with Gasteiger partial charge in [-0.15, -0.1) is 0 Å². The van der Waals surface area contributed by atoms with Crippen LogP contribution < -0.4 is 5.32 Å². The number of hydrogen-bond acceptors (Lipinski definition) is 1. The maximum Gasteiger partial charge on any atom is 0.251 e. The summed E-state index contributed by atoms with van der Waals surface area (Å²) in [6.45, 7) is 2.23. The number of nitrogens with one attached hydrogen (secondary N) is 1. The van der Waals surface area contributed by atoms with E-state index in [1.54, 1.807) is 24.3 Å². The fourth-order valence-corrected chi connectivity index (χ4v) is 2.33. The molecule has 0 aromatic heterocycles. The number of rotatable bonds is 2. The Morgan fingerprint density at radius 1 is 1.31 bits per heavy atom. The summed E-state index contributed by atoms with van der Waals surface area (Å²) >= 11 is 5.77. The fraction of sp³-hybridized carbons (Fsp3) is 0.462. The molecule has 0 aliphatic heterocycles. The van der Waals surface area contributed by atoms with Crippen LogP contribution in [0.15, 0.2) is 24.3 Å². The number of carbonyl (C=O) groups excluding carboxylic acids is 1. The van der Waals surface area contributed by atoms with E-state index < -0.39 is 0 Å². The lowest BCUT2D eigenvalue weighted by Gasteiger charge is -2.12. The first-order chi connectivity index (χ1) is 7.65. The average Bonchev–Trinajstić information content (AvgIpc) is 2.65. The van der Waals surface area contributed by atoms with Gasteiger partial charge in [-0.25, -0.2) is 0 Å². The van der Waals surface area contributed by atoms with Gasteiger partial charge in [-0.1, -0.05) is 18.5 Å². The molecule has 1 amide bonds. The number of benzene rings is 1. The molecule has 2 atom stereocenters. The van der Waals surface area contributed by atoms with Crippen LogP contribution in [-0.4, -0.2) is 11.9 Å². The van der Waals surface area contributed by atoms with Gasteiger partial charge in [-0.05, 0) is 49.4 Å². The van der Waals surface area contributed by atoms with Crippen molar-refractivity contribution in [3.63, 3.8) is 0 Å². The van der Waals surface area contributed by atoms with Crippen molar-refractivity contribution >= 4 is 17.5 Å². The third kappa shape index (κ3) is 2.76. The van der Waals surface area contributed by atoms with Gasteiger partial charge in [0.15, 0.2) is 0 Å².